The van der Waals surface area contributed by atoms with E-state index in [0.717, 1.165) is 15.9 Å². The third-order valence-electron chi connectivity index (χ3n) is 2.39. The van der Waals surface area contributed by atoms with Crippen LogP contribution in [0, 0.1) is 0 Å². The van der Waals surface area contributed by atoms with Gasteiger partial charge in [-0.1, -0.05) is 24.3 Å². The van der Waals surface area contributed by atoms with Gasteiger partial charge in [0, 0.05) is 18.7 Å². The van der Waals surface area contributed by atoms with Crippen LogP contribution in [0.3, 0.4) is 0 Å². The van der Waals surface area contributed by atoms with Gasteiger partial charge in [-0.05, 0) is 34.1 Å². The summed E-state index contributed by atoms with van der Waals surface area (Å²) in [5, 5.41) is 12.8. The zero-order valence-electron chi connectivity index (χ0n) is 9.23. The van der Waals surface area contributed by atoms with E-state index in [1.165, 1.54) is 0 Å². The van der Waals surface area contributed by atoms with Gasteiger partial charge in [-0.15, -0.1) is 0 Å². The van der Waals surface area contributed by atoms with Gasteiger partial charge in [0.2, 0.25) is 0 Å². The second-order valence-corrected chi connectivity index (χ2v) is 4.50. The second kappa shape index (κ2) is 5.80. The monoisotopic (exact) mass is 292 g/mol. The molecular weight excluding hydrogens is 280 g/mol. The lowest BCUT2D eigenvalue weighted by Gasteiger charge is -2.06. The van der Waals surface area contributed by atoms with E-state index in [4.69, 9.17) is 0 Å². The molecule has 0 amide bonds. The fourth-order valence-electron chi connectivity index (χ4n) is 1.53. The maximum atomic E-state index is 9.59. The highest BCUT2D eigenvalue weighted by Gasteiger charge is 1.99. The van der Waals surface area contributed by atoms with Crippen molar-refractivity contribution in [1.29, 1.82) is 0 Å². The lowest BCUT2D eigenvalue weighted by atomic mass is 10.2. The van der Waals surface area contributed by atoms with Crippen LogP contribution in [-0.2, 0) is 13.1 Å². The highest BCUT2D eigenvalue weighted by atomic mass is 79.9. The summed E-state index contributed by atoms with van der Waals surface area (Å²) in [6.07, 6.45) is 0. The molecule has 1 heterocycles. The number of para-hydroxylation sites is 1. The molecule has 0 aliphatic carbocycles. The zero-order chi connectivity index (χ0) is 12.1. The van der Waals surface area contributed by atoms with E-state index in [2.05, 4.69) is 26.2 Å². The molecule has 0 atom stereocenters. The molecule has 0 saturated heterocycles. The molecule has 0 saturated carbocycles. The highest BCUT2D eigenvalue weighted by Crippen LogP contribution is 2.15. The number of hydrogen-bond acceptors (Lipinski definition) is 3. The number of halogens is 1. The average molecular weight is 293 g/mol. The van der Waals surface area contributed by atoms with Crippen molar-refractivity contribution in [2.45, 2.75) is 13.1 Å². The summed E-state index contributed by atoms with van der Waals surface area (Å²) in [6, 6.07) is 13.1. The summed E-state index contributed by atoms with van der Waals surface area (Å²) in [5.41, 5.74) is 1.86. The van der Waals surface area contributed by atoms with E-state index in [0.29, 0.717) is 18.8 Å². The minimum atomic E-state index is 0.321. The Bertz CT molecular complexity index is 502. The highest BCUT2D eigenvalue weighted by molar-refractivity contribution is 9.10. The molecule has 3 nitrogen and oxygen atoms in total. The molecule has 2 N–H and O–H groups in total. The van der Waals surface area contributed by atoms with Gasteiger partial charge in [-0.2, -0.15) is 0 Å². The molecule has 17 heavy (non-hydrogen) atoms. The largest absolute Gasteiger partial charge is 0.508 e. The number of phenols is 1. The Morgan fingerprint density at radius 3 is 2.65 bits per heavy atom. The Labute approximate surface area is 109 Å². The van der Waals surface area contributed by atoms with Crippen molar-refractivity contribution >= 4 is 15.9 Å². The smallest absolute Gasteiger partial charge is 0.120 e. The lowest BCUT2D eigenvalue weighted by molar-refractivity contribution is 0.464. The van der Waals surface area contributed by atoms with Crippen LogP contribution >= 0.6 is 15.9 Å². The Hall–Kier alpha value is -1.39. The van der Waals surface area contributed by atoms with Gasteiger partial charge >= 0.3 is 0 Å². The molecule has 1 aromatic carbocycles. The van der Waals surface area contributed by atoms with Crippen molar-refractivity contribution < 1.29 is 5.11 Å². The van der Waals surface area contributed by atoms with Crippen molar-refractivity contribution in [2.75, 3.05) is 0 Å². The Balaban J connectivity index is 1.90. The standard InChI is InChI=1S/C13H13BrN2O/c14-13-7-3-5-11(16-13)9-15-8-10-4-1-2-6-12(10)17/h1-7,15,17H,8-9H2. The SMILES string of the molecule is Oc1ccccc1CNCc1cccc(Br)n1. The van der Waals surface area contributed by atoms with Gasteiger partial charge < -0.3 is 10.4 Å². The maximum absolute atomic E-state index is 9.59. The number of benzene rings is 1. The van der Waals surface area contributed by atoms with Crippen LogP contribution in [0.5, 0.6) is 5.75 Å². The summed E-state index contributed by atoms with van der Waals surface area (Å²) in [4.78, 5) is 4.32. The van der Waals surface area contributed by atoms with Crippen LogP contribution in [-0.4, -0.2) is 10.1 Å². The lowest BCUT2D eigenvalue weighted by Crippen LogP contribution is -2.13. The van der Waals surface area contributed by atoms with Gasteiger partial charge in [0.05, 0.1) is 5.69 Å². The first kappa shape index (κ1) is 12.1. The van der Waals surface area contributed by atoms with Gasteiger partial charge in [-0.25, -0.2) is 4.98 Å². The second-order valence-electron chi connectivity index (χ2n) is 3.68. The van der Waals surface area contributed by atoms with Crippen molar-refractivity contribution in [3.05, 3.63) is 58.3 Å². The van der Waals surface area contributed by atoms with E-state index in [1.807, 2.05) is 36.4 Å². The number of hydrogen-bond donors (Lipinski definition) is 2. The number of rotatable bonds is 4. The normalized spacial score (nSPS) is 10.4. The van der Waals surface area contributed by atoms with E-state index in [1.54, 1.807) is 6.07 Å². The van der Waals surface area contributed by atoms with Crippen molar-refractivity contribution in [3.63, 3.8) is 0 Å². The van der Waals surface area contributed by atoms with Crippen LogP contribution in [0.15, 0.2) is 47.1 Å². The molecule has 0 bridgehead atoms. The topological polar surface area (TPSA) is 45.1 Å². The van der Waals surface area contributed by atoms with Gasteiger partial charge in [0.15, 0.2) is 0 Å². The van der Waals surface area contributed by atoms with Crippen molar-refractivity contribution in [1.82, 2.24) is 10.3 Å². The zero-order valence-corrected chi connectivity index (χ0v) is 10.8. The van der Waals surface area contributed by atoms with E-state index in [-0.39, 0.29) is 0 Å². The molecule has 88 valence electrons. The van der Waals surface area contributed by atoms with E-state index >= 15 is 0 Å². The van der Waals surface area contributed by atoms with Gasteiger partial charge in [0.1, 0.15) is 10.4 Å². The molecule has 0 radical (unpaired) electrons. The Morgan fingerprint density at radius 1 is 1.06 bits per heavy atom. The third-order valence-corrected chi connectivity index (χ3v) is 2.83. The molecule has 0 unspecified atom stereocenters. The molecule has 0 fully saturated rings. The first-order valence-corrected chi connectivity index (χ1v) is 6.14. The molecule has 4 heteroatoms. The van der Waals surface area contributed by atoms with Crippen LogP contribution in [0.1, 0.15) is 11.3 Å². The van der Waals surface area contributed by atoms with Gasteiger partial charge in [0.25, 0.3) is 0 Å². The first-order chi connectivity index (χ1) is 8.25. The predicted octanol–water partition coefficient (Wildman–Crippen LogP) is 2.84. The van der Waals surface area contributed by atoms with E-state index < -0.39 is 0 Å². The molecule has 0 spiro atoms. The van der Waals surface area contributed by atoms with Crippen molar-refractivity contribution in [2.24, 2.45) is 0 Å². The minimum Gasteiger partial charge on any atom is -0.508 e. The summed E-state index contributed by atoms with van der Waals surface area (Å²) in [5.74, 6) is 0.321. The Kier molecular flexibility index (Phi) is 4.12. The molecule has 1 aromatic heterocycles. The first-order valence-electron chi connectivity index (χ1n) is 5.35. The number of pyridine rings is 1. The number of nitrogens with one attached hydrogen (secondary N) is 1. The summed E-state index contributed by atoms with van der Waals surface area (Å²) < 4.78 is 0.833. The van der Waals surface area contributed by atoms with Gasteiger partial charge in [-0.3, -0.25) is 0 Å². The van der Waals surface area contributed by atoms with E-state index in [9.17, 15) is 5.11 Å². The summed E-state index contributed by atoms with van der Waals surface area (Å²) in [7, 11) is 0. The summed E-state index contributed by atoms with van der Waals surface area (Å²) >= 11 is 3.33. The number of aromatic hydroxyl groups is 1. The fraction of sp³-hybridized carbons (Fsp3) is 0.154. The molecule has 2 rings (SSSR count). The molecule has 2 aromatic rings. The third kappa shape index (κ3) is 3.54. The Morgan fingerprint density at radius 2 is 1.88 bits per heavy atom. The van der Waals surface area contributed by atoms with Crippen LogP contribution < -0.4 is 5.32 Å². The number of phenolic OH excluding ortho intramolecular Hbond substituents is 1. The number of nitrogens with zero attached hydrogens (tertiary/aromatic N) is 1. The maximum Gasteiger partial charge on any atom is 0.120 e. The minimum absolute atomic E-state index is 0.321. The van der Waals surface area contributed by atoms with Crippen LogP contribution in [0.4, 0.5) is 0 Å². The molecule has 0 aliphatic rings. The van der Waals surface area contributed by atoms with Crippen LogP contribution in [0.25, 0.3) is 0 Å². The summed E-state index contributed by atoms with van der Waals surface area (Å²) in [6.45, 7) is 1.30. The predicted molar refractivity (Wildman–Crippen MR) is 70.6 cm³/mol. The fourth-order valence-corrected chi connectivity index (χ4v) is 1.91. The number of aromatic nitrogens is 1. The quantitative estimate of drug-likeness (QED) is 0.852. The average Bonchev–Trinajstić information content (AvgIpc) is 2.32. The van der Waals surface area contributed by atoms with Crippen LogP contribution in [0.2, 0.25) is 0 Å². The molecular formula is C13H13BrN2O. The molecule has 0 aliphatic heterocycles. The van der Waals surface area contributed by atoms with Crippen molar-refractivity contribution in [3.8, 4) is 5.75 Å².